The number of fused-ring (bicyclic) bond motifs is 1. The van der Waals surface area contributed by atoms with Gasteiger partial charge in [-0.1, -0.05) is 31.7 Å². The molecule has 1 aliphatic heterocycles. The maximum Gasteiger partial charge on any atom is 0.125 e. The van der Waals surface area contributed by atoms with Gasteiger partial charge in [0.05, 0.1) is 0 Å². The van der Waals surface area contributed by atoms with Crippen LogP contribution in [0.15, 0.2) is 18.2 Å². The Balaban J connectivity index is 1.79. The average Bonchev–Trinajstić information content (AvgIpc) is 2.70. The van der Waals surface area contributed by atoms with Crippen molar-refractivity contribution in [3.05, 3.63) is 29.6 Å². The fourth-order valence-corrected chi connectivity index (χ4v) is 3.89. The predicted molar refractivity (Wildman–Crippen MR) is 81.5 cm³/mol. The number of nitrogens with two attached hydrogens (primary N) is 1. The molecule has 1 aromatic rings. The van der Waals surface area contributed by atoms with Crippen molar-refractivity contribution in [2.24, 2.45) is 11.1 Å². The summed E-state index contributed by atoms with van der Waals surface area (Å²) in [7, 11) is 0. The van der Waals surface area contributed by atoms with Crippen LogP contribution in [0.1, 0.15) is 44.1 Å². The molecule has 1 fully saturated rings. The molecule has 3 rings (SSSR count). The largest absolute Gasteiger partial charge is 0.370 e. The monoisotopic (exact) mass is 276 g/mol. The topological polar surface area (TPSA) is 29.3 Å². The van der Waals surface area contributed by atoms with E-state index in [4.69, 9.17) is 5.73 Å². The van der Waals surface area contributed by atoms with Gasteiger partial charge in [-0.3, -0.25) is 0 Å². The molecule has 1 aromatic carbocycles. The highest BCUT2D eigenvalue weighted by Gasteiger charge is 2.33. The molecule has 0 amide bonds. The lowest BCUT2D eigenvalue weighted by atomic mass is 9.80. The van der Waals surface area contributed by atoms with Gasteiger partial charge in [-0.2, -0.15) is 0 Å². The minimum Gasteiger partial charge on any atom is -0.370 e. The van der Waals surface area contributed by atoms with E-state index in [0.29, 0.717) is 0 Å². The lowest BCUT2D eigenvalue weighted by Crippen LogP contribution is -2.42. The minimum absolute atomic E-state index is 0.127. The Bertz CT molecular complexity index is 464. The van der Waals surface area contributed by atoms with E-state index in [-0.39, 0.29) is 11.2 Å². The van der Waals surface area contributed by atoms with Gasteiger partial charge in [0.25, 0.3) is 0 Å². The zero-order valence-electron chi connectivity index (χ0n) is 12.2. The Kier molecular flexibility index (Phi) is 3.97. The number of anilines is 1. The molecule has 2 aliphatic rings. The van der Waals surface area contributed by atoms with Crippen LogP contribution in [0.3, 0.4) is 0 Å². The molecular weight excluding hydrogens is 251 g/mol. The Hall–Kier alpha value is -1.09. The second-order valence-electron chi connectivity index (χ2n) is 6.56. The number of hydrogen-bond donors (Lipinski definition) is 1. The first kappa shape index (κ1) is 13.9. The number of nitrogens with zero attached hydrogens (tertiary/aromatic N) is 1. The zero-order valence-corrected chi connectivity index (χ0v) is 12.2. The summed E-state index contributed by atoms with van der Waals surface area (Å²) in [6.07, 6.45) is 8.76. The second kappa shape index (κ2) is 5.72. The Morgan fingerprint density at radius 1 is 1.15 bits per heavy atom. The third kappa shape index (κ3) is 2.69. The van der Waals surface area contributed by atoms with E-state index in [0.717, 1.165) is 31.7 Å². The van der Waals surface area contributed by atoms with Crippen LogP contribution in [-0.2, 0) is 6.42 Å². The third-order valence-electron chi connectivity index (χ3n) is 5.16. The third-order valence-corrected chi connectivity index (χ3v) is 5.16. The van der Waals surface area contributed by atoms with Gasteiger partial charge in [0.15, 0.2) is 0 Å². The Morgan fingerprint density at radius 3 is 2.60 bits per heavy atom. The lowest BCUT2D eigenvalue weighted by molar-refractivity contribution is 0.260. The van der Waals surface area contributed by atoms with Crippen LogP contribution in [0.4, 0.5) is 10.1 Å². The summed E-state index contributed by atoms with van der Waals surface area (Å²) in [4.78, 5) is 2.37. The molecular formula is C17H25FN2. The Labute approximate surface area is 121 Å². The zero-order chi connectivity index (χ0) is 14.0. The first-order chi connectivity index (χ1) is 9.72. The first-order valence-corrected chi connectivity index (χ1v) is 7.96. The molecule has 0 atom stereocenters. The quantitative estimate of drug-likeness (QED) is 0.856. The average molecular weight is 276 g/mol. The molecule has 3 heteroatoms. The van der Waals surface area contributed by atoms with E-state index >= 15 is 0 Å². The normalized spacial score (nSPS) is 21.6. The van der Waals surface area contributed by atoms with Crippen LogP contribution < -0.4 is 10.6 Å². The summed E-state index contributed by atoms with van der Waals surface area (Å²) in [5.74, 6) is -0.127. The Morgan fingerprint density at radius 2 is 1.90 bits per heavy atom. The van der Waals surface area contributed by atoms with Crippen LogP contribution in [0.2, 0.25) is 0 Å². The molecule has 0 unspecified atom stereocenters. The number of benzene rings is 1. The molecule has 20 heavy (non-hydrogen) atoms. The molecule has 2 N–H and O–H groups in total. The molecule has 0 radical (unpaired) electrons. The standard InChI is InChI=1S/C17H25FN2/c18-15-6-5-14-7-10-20(16(14)11-15)13-17(12-19)8-3-1-2-4-9-17/h5-6,11H,1-4,7-10,12-13,19H2. The van der Waals surface area contributed by atoms with E-state index in [1.54, 1.807) is 12.1 Å². The van der Waals surface area contributed by atoms with Gasteiger partial charge in [-0.25, -0.2) is 4.39 Å². The second-order valence-corrected chi connectivity index (χ2v) is 6.56. The highest BCUT2D eigenvalue weighted by Crippen LogP contribution is 2.38. The van der Waals surface area contributed by atoms with E-state index < -0.39 is 0 Å². The van der Waals surface area contributed by atoms with Gasteiger partial charge in [-0.05, 0) is 43.5 Å². The summed E-state index contributed by atoms with van der Waals surface area (Å²) < 4.78 is 13.5. The molecule has 1 heterocycles. The van der Waals surface area contributed by atoms with Crippen LogP contribution in [0.5, 0.6) is 0 Å². The molecule has 0 aromatic heterocycles. The summed E-state index contributed by atoms with van der Waals surface area (Å²) in [5, 5.41) is 0. The van der Waals surface area contributed by atoms with Crippen molar-refractivity contribution >= 4 is 5.69 Å². The van der Waals surface area contributed by atoms with Crippen LogP contribution in [0.25, 0.3) is 0 Å². The van der Waals surface area contributed by atoms with Crippen molar-refractivity contribution in [3.63, 3.8) is 0 Å². The molecule has 1 saturated carbocycles. The summed E-state index contributed by atoms with van der Waals surface area (Å²) in [6.45, 7) is 2.77. The maximum atomic E-state index is 13.5. The number of halogens is 1. The van der Waals surface area contributed by atoms with E-state index in [1.807, 2.05) is 6.07 Å². The van der Waals surface area contributed by atoms with Crippen LogP contribution in [-0.4, -0.2) is 19.6 Å². The van der Waals surface area contributed by atoms with Gasteiger partial charge in [-0.15, -0.1) is 0 Å². The van der Waals surface area contributed by atoms with E-state index in [2.05, 4.69) is 4.90 Å². The fraction of sp³-hybridized carbons (Fsp3) is 0.647. The van der Waals surface area contributed by atoms with Crippen LogP contribution in [0, 0.1) is 11.2 Å². The van der Waals surface area contributed by atoms with E-state index in [1.165, 1.54) is 44.1 Å². The minimum atomic E-state index is -0.127. The van der Waals surface area contributed by atoms with E-state index in [9.17, 15) is 4.39 Å². The summed E-state index contributed by atoms with van der Waals surface area (Å²) in [5.41, 5.74) is 8.76. The maximum absolute atomic E-state index is 13.5. The van der Waals surface area contributed by atoms with Gasteiger partial charge in [0, 0.05) is 24.2 Å². The fourth-order valence-electron chi connectivity index (χ4n) is 3.89. The van der Waals surface area contributed by atoms with Gasteiger partial charge in [0.2, 0.25) is 0 Å². The SMILES string of the molecule is NCC1(CN2CCc3ccc(F)cc32)CCCCCC1. The van der Waals surface area contributed by atoms with Gasteiger partial charge < -0.3 is 10.6 Å². The molecule has 0 saturated heterocycles. The van der Waals surface area contributed by atoms with Gasteiger partial charge in [0.1, 0.15) is 5.82 Å². The van der Waals surface area contributed by atoms with Crippen molar-refractivity contribution in [1.82, 2.24) is 0 Å². The van der Waals surface area contributed by atoms with Crippen molar-refractivity contribution in [2.75, 3.05) is 24.5 Å². The summed E-state index contributed by atoms with van der Waals surface area (Å²) >= 11 is 0. The molecule has 110 valence electrons. The number of hydrogen-bond acceptors (Lipinski definition) is 2. The molecule has 1 aliphatic carbocycles. The van der Waals surface area contributed by atoms with Crippen molar-refractivity contribution in [2.45, 2.75) is 44.9 Å². The van der Waals surface area contributed by atoms with Crippen molar-refractivity contribution < 1.29 is 4.39 Å². The van der Waals surface area contributed by atoms with Crippen molar-refractivity contribution in [1.29, 1.82) is 0 Å². The first-order valence-electron chi connectivity index (χ1n) is 7.96. The molecule has 2 nitrogen and oxygen atoms in total. The highest BCUT2D eigenvalue weighted by atomic mass is 19.1. The van der Waals surface area contributed by atoms with Crippen LogP contribution >= 0.6 is 0 Å². The number of rotatable bonds is 3. The molecule has 0 bridgehead atoms. The molecule has 0 spiro atoms. The summed E-state index contributed by atoms with van der Waals surface area (Å²) in [6, 6.07) is 5.21. The smallest absolute Gasteiger partial charge is 0.125 e. The lowest BCUT2D eigenvalue weighted by Gasteiger charge is -2.36. The van der Waals surface area contributed by atoms with Crippen molar-refractivity contribution in [3.8, 4) is 0 Å². The highest BCUT2D eigenvalue weighted by molar-refractivity contribution is 5.58. The predicted octanol–water partition coefficient (Wildman–Crippen LogP) is 3.49. The van der Waals surface area contributed by atoms with Gasteiger partial charge >= 0.3 is 0 Å².